The van der Waals surface area contributed by atoms with Crippen LogP contribution in [0.15, 0.2) is 47.4 Å². The fourth-order valence-corrected chi connectivity index (χ4v) is 3.65. The summed E-state index contributed by atoms with van der Waals surface area (Å²) in [5, 5.41) is 0.524. The van der Waals surface area contributed by atoms with Crippen LogP contribution in [0.4, 0.5) is 0 Å². The van der Waals surface area contributed by atoms with Crippen LogP contribution in [-0.2, 0) is 22.0 Å². The van der Waals surface area contributed by atoms with E-state index in [9.17, 15) is 8.42 Å². The minimum absolute atomic E-state index is 0.116. The topological polar surface area (TPSA) is 55.4 Å². The molecule has 0 aliphatic rings. The first-order valence-corrected chi connectivity index (χ1v) is 9.43. The molecule has 2 rings (SSSR count). The van der Waals surface area contributed by atoms with Gasteiger partial charge in [0.05, 0.1) is 7.11 Å². The van der Waals surface area contributed by atoms with Crippen molar-refractivity contribution in [3.8, 4) is 5.75 Å². The Labute approximate surface area is 148 Å². The highest BCUT2D eigenvalue weighted by molar-refractivity contribution is 7.89. The molecule has 0 saturated heterocycles. The van der Waals surface area contributed by atoms with Gasteiger partial charge in [0.1, 0.15) is 10.6 Å². The summed E-state index contributed by atoms with van der Waals surface area (Å²) in [4.78, 5) is 0.129. The number of sulfonamides is 1. The smallest absolute Gasteiger partial charge is 0.244 e. The maximum Gasteiger partial charge on any atom is 0.244 e. The summed E-state index contributed by atoms with van der Waals surface area (Å²) in [6.07, 6.45) is 0. The molecule has 6 heteroatoms. The highest BCUT2D eigenvalue weighted by Crippen LogP contribution is 2.31. The highest BCUT2D eigenvalue weighted by Gasteiger charge is 2.23. The van der Waals surface area contributed by atoms with Gasteiger partial charge in [-0.3, -0.25) is 0 Å². The highest BCUT2D eigenvalue weighted by atomic mass is 35.5. The van der Waals surface area contributed by atoms with E-state index in [1.54, 1.807) is 30.3 Å². The SMILES string of the molecule is COc1ccc(C(C)(C)C)cc1S(=O)(=O)NCc1ccccc1Cl. The van der Waals surface area contributed by atoms with Gasteiger partial charge in [0.15, 0.2) is 0 Å². The zero-order chi connectivity index (χ0) is 18.0. The van der Waals surface area contributed by atoms with Gasteiger partial charge >= 0.3 is 0 Å². The van der Waals surface area contributed by atoms with E-state index < -0.39 is 10.0 Å². The molecule has 130 valence electrons. The minimum atomic E-state index is -3.73. The van der Waals surface area contributed by atoms with E-state index in [0.717, 1.165) is 5.56 Å². The van der Waals surface area contributed by atoms with Gasteiger partial charge in [-0.1, -0.05) is 56.6 Å². The lowest BCUT2D eigenvalue weighted by atomic mass is 9.87. The molecule has 0 fully saturated rings. The summed E-state index contributed by atoms with van der Waals surface area (Å²) in [5.41, 5.74) is 1.47. The molecule has 24 heavy (non-hydrogen) atoms. The van der Waals surface area contributed by atoms with Crippen LogP contribution in [-0.4, -0.2) is 15.5 Å². The summed E-state index contributed by atoms with van der Waals surface area (Å²) in [7, 11) is -2.28. The van der Waals surface area contributed by atoms with E-state index in [1.807, 2.05) is 32.9 Å². The van der Waals surface area contributed by atoms with Gasteiger partial charge in [0, 0.05) is 11.6 Å². The third-order valence-corrected chi connectivity index (χ3v) is 5.52. The molecular weight excluding hydrogens is 346 g/mol. The molecule has 0 heterocycles. The van der Waals surface area contributed by atoms with E-state index in [1.165, 1.54) is 7.11 Å². The second kappa shape index (κ2) is 7.13. The number of methoxy groups -OCH3 is 1. The van der Waals surface area contributed by atoms with Crippen molar-refractivity contribution in [2.45, 2.75) is 37.6 Å². The number of halogens is 1. The average molecular weight is 368 g/mol. The van der Waals surface area contributed by atoms with Gasteiger partial charge in [-0.15, -0.1) is 0 Å². The lowest BCUT2D eigenvalue weighted by Gasteiger charge is -2.21. The van der Waals surface area contributed by atoms with E-state index in [2.05, 4.69) is 4.72 Å². The second-order valence-electron chi connectivity index (χ2n) is 6.53. The predicted octanol–water partition coefficient (Wildman–Crippen LogP) is 4.12. The number of rotatable bonds is 5. The molecule has 2 aromatic carbocycles. The number of hydrogen-bond donors (Lipinski definition) is 1. The van der Waals surface area contributed by atoms with Crippen molar-refractivity contribution in [1.82, 2.24) is 4.72 Å². The van der Waals surface area contributed by atoms with Crippen LogP contribution in [0.25, 0.3) is 0 Å². The number of benzene rings is 2. The van der Waals surface area contributed by atoms with E-state index >= 15 is 0 Å². The van der Waals surface area contributed by atoms with Crippen LogP contribution in [0.5, 0.6) is 5.75 Å². The zero-order valence-electron chi connectivity index (χ0n) is 14.3. The summed E-state index contributed by atoms with van der Waals surface area (Å²) < 4.78 is 33.3. The van der Waals surface area contributed by atoms with Crippen molar-refractivity contribution in [1.29, 1.82) is 0 Å². The quantitative estimate of drug-likeness (QED) is 0.864. The number of nitrogens with one attached hydrogen (secondary N) is 1. The van der Waals surface area contributed by atoms with E-state index in [-0.39, 0.29) is 16.9 Å². The lowest BCUT2D eigenvalue weighted by Crippen LogP contribution is -2.24. The van der Waals surface area contributed by atoms with Gasteiger partial charge in [-0.05, 0) is 34.7 Å². The molecule has 0 aliphatic heterocycles. The maximum atomic E-state index is 12.7. The Balaban J connectivity index is 2.36. The zero-order valence-corrected chi connectivity index (χ0v) is 15.8. The molecule has 0 unspecified atom stereocenters. The number of ether oxygens (including phenoxy) is 1. The number of hydrogen-bond acceptors (Lipinski definition) is 3. The summed E-state index contributed by atoms with van der Waals surface area (Å²) >= 11 is 6.08. The van der Waals surface area contributed by atoms with Crippen LogP contribution in [0.2, 0.25) is 5.02 Å². The van der Waals surface area contributed by atoms with Crippen LogP contribution >= 0.6 is 11.6 Å². The van der Waals surface area contributed by atoms with Crippen LogP contribution in [0.1, 0.15) is 31.9 Å². The fraction of sp³-hybridized carbons (Fsp3) is 0.333. The molecule has 0 aromatic heterocycles. The molecule has 0 atom stereocenters. The van der Waals surface area contributed by atoms with Crippen molar-refractivity contribution in [2.75, 3.05) is 7.11 Å². The second-order valence-corrected chi connectivity index (χ2v) is 8.67. The van der Waals surface area contributed by atoms with Gasteiger partial charge in [0.25, 0.3) is 0 Å². The molecule has 0 bridgehead atoms. The molecule has 2 aromatic rings. The van der Waals surface area contributed by atoms with Gasteiger partial charge < -0.3 is 4.74 Å². The van der Waals surface area contributed by atoms with Crippen molar-refractivity contribution in [2.24, 2.45) is 0 Å². The van der Waals surface area contributed by atoms with Crippen LogP contribution in [0, 0.1) is 0 Å². The van der Waals surface area contributed by atoms with Gasteiger partial charge in [0.2, 0.25) is 10.0 Å². The van der Waals surface area contributed by atoms with Gasteiger partial charge in [-0.25, -0.2) is 13.1 Å². The van der Waals surface area contributed by atoms with Crippen molar-refractivity contribution >= 4 is 21.6 Å². The Hall–Kier alpha value is -1.56. The minimum Gasteiger partial charge on any atom is -0.495 e. The van der Waals surface area contributed by atoms with Crippen LogP contribution < -0.4 is 9.46 Å². The maximum absolute atomic E-state index is 12.7. The van der Waals surface area contributed by atoms with Crippen molar-refractivity contribution < 1.29 is 13.2 Å². The first-order chi connectivity index (χ1) is 11.1. The largest absolute Gasteiger partial charge is 0.495 e. The molecule has 1 N–H and O–H groups in total. The molecule has 0 radical (unpaired) electrons. The Morgan fingerprint density at radius 3 is 2.38 bits per heavy atom. The Morgan fingerprint density at radius 2 is 1.79 bits per heavy atom. The Morgan fingerprint density at radius 1 is 1.12 bits per heavy atom. The molecule has 0 aliphatic carbocycles. The van der Waals surface area contributed by atoms with Gasteiger partial charge in [-0.2, -0.15) is 0 Å². The summed E-state index contributed by atoms with van der Waals surface area (Å²) in [6, 6.07) is 12.4. The van der Waals surface area contributed by atoms with Crippen molar-refractivity contribution in [3.63, 3.8) is 0 Å². The third kappa shape index (κ3) is 4.29. The molecular formula is C18H22ClNO3S. The van der Waals surface area contributed by atoms with Crippen LogP contribution in [0.3, 0.4) is 0 Å². The first-order valence-electron chi connectivity index (χ1n) is 7.57. The standard InChI is InChI=1S/C18H22ClNO3S/c1-18(2,3)14-9-10-16(23-4)17(11-14)24(21,22)20-12-13-7-5-6-8-15(13)19/h5-11,20H,12H2,1-4H3. The monoisotopic (exact) mass is 367 g/mol. The summed E-state index contributed by atoms with van der Waals surface area (Å²) in [6.45, 7) is 6.21. The Kier molecular flexibility index (Phi) is 5.58. The summed E-state index contributed by atoms with van der Waals surface area (Å²) in [5.74, 6) is 0.314. The molecule has 4 nitrogen and oxygen atoms in total. The first kappa shape index (κ1) is 18.8. The van der Waals surface area contributed by atoms with Crippen molar-refractivity contribution in [3.05, 3.63) is 58.6 Å². The molecule has 0 saturated carbocycles. The lowest BCUT2D eigenvalue weighted by molar-refractivity contribution is 0.401. The third-order valence-electron chi connectivity index (χ3n) is 3.73. The normalized spacial score (nSPS) is 12.2. The fourth-order valence-electron chi connectivity index (χ4n) is 2.25. The average Bonchev–Trinajstić information content (AvgIpc) is 2.52. The predicted molar refractivity (Wildman–Crippen MR) is 97.2 cm³/mol. The van der Waals surface area contributed by atoms with E-state index in [0.29, 0.717) is 16.3 Å². The Bertz CT molecular complexity index is 826. The van der Waals surface area contributed by atoms with E-state index in [4.69, 9.17) is 16.3 Å². The molecule has 0 amide bonds. The molecule has 0 spiro atoms.